The first-order chi connectivity index (χ1) is 19.6. The molecule has 0 aliphatic heterocycles. The van der Waals surface area contributed by atoms with Gasteiger partial charge in [0.2, 0.25) is 0 Å². The summed E-state index contributed by atoms with van der Waals surface area (Å²) in [7, 11) is -8.87. The van der Waals surface area contributed by atoms with E-state index >= 15 is 0 Å². The molecule has 4 rings (SSSR count). The van der Waals surface area contributed by atoms with E-state index < -0.39 is 52.1 Å². The Labute approximate surface area is 294 Å². The maximum atomic E-state index is 13.2. The number of anilines is 1. The number of benzene rings is 4. The summed E-state index contributed by atoms with van der Waals surface area (Å²) < 4.78 is 73.8. The number of nitrogens with zero attached hydrogens (tertiary/aromatic N) is 5. The van der Waals surface area contributed by atoms with E-state index in [1.54, 1.807) is 6.92 Å². The number of non-ortho nitro benzene ring substituents is 1. The van der Waals surface area contributed by atoms with Crippen LogP contribution in [-0.4, -0.2) is 38.0 Å². The Morgan fingerprint density at radius 1 is 0.886 bits per heavy atom. The van der Waals surface area contributed by atoms with Crippen LogP contribution < -0.4 is 74.7 Å². The number of rotatable bonds is 8. The van der Waals surface area contributed by atoms with Crippen molar-refractivity contribution in [2.75, 3.05) is 12.8 Å². The van der Waals surface area contributed by atoms with Gasteiger partial charge in [-0.3, -0.25) is 14.7 Å². The van der Waals surface area contributed by atoms with Crippen LogP contribution in [0.4, 0.5) is 34.1 Å². The van der Waals surface area contributed by atoms with Crippen molar-refractivity contribution in [2.24, 2.45) is 20.5 Å². The number of nitrogens with two attached hydrogens (primary N) is 1. The summed E-state index contributed by atoms with van der Waals surface area (Å²) in [4.78, 5) is 8.38. The monoisotopic (exact) mass is 660 g/mol. The number of azo groups is 2. The molecule has 0 amide bonds. The van der Waals surface area contributed by atoms with Gasteiger partial charge in [-0.2, -0.15) is 18.6 Å². The molecule has 0 radical (unpaired) electrons. The summed E-state index contributed by atoms with van der Waals surface area (Å²) in [5.74, 6) is -1.02. The van der Waals surface area contributed by atoms with E-state index in [9.17, 15) is 41.2 Å². The predicted molar refractivity (Wildman–Crippen MR) is 145 cm³/mol. The number of nitro groups is 1. The molecule has 4 aromatic rings. The van der Waals surface area contributed by atoms with Crippen molar-refractivity contribution in [3.8, 4) is 11.5 Å². The molecule has 4 aromatic carbocycles. The first kappa shape index (κ1) is 37.1. The van der Waals surface area contributed by atoms with Crippen molar-refractivity contribution < 1.29 is 99.8 Å². The zero-order valence-electron chi connectivity index (χ0n) is 23.4. The zero-order chi connectivity index (χ0) is 31.0. The molecule has 3 N–H and O–H groups in total. The van der Waals surface area contributed by atoms with Crippen LogP contribution in [0.25, 0.3) is 10.8 Å². The van der Waals surface area contributed by atoms with Gasteiger partial charge in [-0.15, -0.1) is 10.2 Å². The minimum Gasteiger partial charge on any atom is -0.871 e. The molecule has 0 heterocycles. The maximum absolute atomic E-state index is 13.2. The van der Waals surface area contributed by atoms with Gasteiger partial charge < -0.3 is 20.1 Å². The van der Waals surface area contributed by atoms with Gasteiger partial charge in [-0.1, -0.05) is 5.75 Å². The summed E-state index contributed by atoms with van der Waals surface area (Å²) in [6.45, 7) is 1.63. The molecule has 0 spiro atoms. The van der Waals surface area contributed by atoms with Crippen LogP contribution in [0.5, 0.6) is 11.5 Å². The van der Waals surface area contributed by atoms with Crippen molar-refractivity contribution in [3.05, 3.63) is 70.3 Å². The third-order valence-corrected chi connectivity index (χ3v) is 7.56. The predicted octanol–water partition coefficient (Wildman–Crippen LogP) is -1.29. The van der Waals surface area contributed by atoms with Crippen molar-refractivity contribution in [2.45, 2.75) is 16.7 Å². The Morgan fingerprint density at radius 2 is 1.48 bits per heavy atom. The minimum absolute atomic E-state index is 0. The van der Waals surface area contributed by atoms with Gasteiger partial charge in [0.25, 0.3) is 15.8 Å². The van der Waals surface area contributed by atoms with E-state index in [0.29, 0.717) is 16.9 Å². The number of hydrogen-bond donors (Lipinski definition) is 2. The first-order valence-corrected chi connectivity index (χ1v) is 14.2. The molecule has 44 heavy (non-hydrogen) atoms. The smallest absolute Gasteiger partial charge is 0.871 e. The van der Waals surface area contributed by atoms with Crippen LogP contribution in [0.15, 0.2) is 84.8 Å². The van der Waals surface area contributed by atoms with Crippen molar-refractivity contribution in [1.29, 1.82) is 0 Å². The van der Waals surface area contributed by atoms with E-state index in [1.807, 2.05) is 0 Å². The fourth-order valence-corrected chi connectivity index (χ4v) is 5.03. The number of ether oxygens (including phenoxy) is 1. The van der Waals surface area contributed by atoms with Crippen LogP contribution >= 0.6 is 0 Å². The van der Waals surface area contributed by atoms with E-state index in [4.69, 9.17) is 10.5 Å². The zero-order valence-corrected chi connectivity index (χ0v) is 29.1. The second-order valence-electron chi connectivity index (χ2n) is 8.58. The van der Waals surface area contributed by atoms with Gasteiger partial charge >= 0.3 is 59.1 Å². The quantitative estimate of drug-likeness (QED) is 0.0561. The van der Waals surface area contributed by atoms with Gasteiger partial charge in [0.05, 0.1) is 39.7 Å². The third kappa shape index (κ3) is 8.16. The number of nitrogen functional groups attached to an aromatic ring is 1. The Morgan fingerprint density at radius 3 is 2.02 bits per heavy atom. The van der Waals surface area contributed by atoms with E-state index in [-0.39, 0.29) is 87.0 Å². The molecule has 0 unspecified atom stereocenters. The Kier molecular flexibility index (Phi) is 12.1. The standard InChI is InChI=1S/C24H20N6O10S2.2Na/c1-12-7-19(20(40-2)11-18(12)27-26-14-3-5-15(6-4-14)30(32)33)28-29-23-22(42(37,38)39)9-13-8-21(41(34,35)36)17(25)10-16(13)24(23)31;;/h3-11,31H,25H2,1-2H3,(H,34,35,36)(H,37,38,39);;/q;2*+1/p-2. The molecular weight excluding hydrogens is 642 g/mol. The van der Waals surface area contributed by atoms with E-state index in [1.165, 1.54) is 43.5 Å². The fraction of sp³-hybridized carbons (Fsp3) is 0.0833. The van der Waals surface area contributed by atoms with E-state index in [2.05, 4.69) is 20.5 Å². The molecule has 0 saturated carbocycles. The summed E-state index contributed by atoms with van der Waals surface area (Å²) >= 11 is 0. The molecule has 0 saturated heterocycles. The van der Waals surface area contributed by atoms with Crippen LogP contribution in [0.1, 0.15) is 5.56 Å². The number of fused-ring (bicyclic) bond motifs is 1. The molecule has 0 aromatic heterocycles. The van der Waals surface area contributed by atoms with Gasteiger partial charge in [-0.05, 0) is 59.7 Å². The molecule has 0 aliphatic carbocycles. The van der Waals surface area contributed by atoms with Crippen molar-refractivity contribution >= 4 is 65.1 Å². The summed E-state index contributed by atoms with van der Waals surface area (Å²) in [6.07, 6.45) is 0. The molecule has 20 heteroatoms. The molecular formula is C24H18N6Na2O10S2. The second-order valence-corrected chi connectivity index (χ2v) is 11.3. The SMILES string of the molecule is COc1cc(N=Nc2ccc([N+](=O)[O-])cc2)c(C)cc1N=Nc1c(S(=O)(=O)[O-])cc2cc(S(=O)(=O)O)c(N)cc2c1[O-].[Na+].[Na+]. The molecule has 0 bridgehead atoms. The van der Waals surface area contributed by atoms with Crippen molar-refractivity contribution in [3.63, 3.8) is 0 Å². The molecule has 0 fully saturated rings. The minimum atomic E-state index is -5.33. The maximum Gasteiger partial charge on any atom is 1.00 e. The Hall–Kier alpha value is -3.04. The summed E-state index contributed by atoms with van der Waals surface area (Å²) in [5, 5.41) is 39.2. The van der Waals surface area contributed by atoms with Crippen LogP contribution in [0.2, 0.25) is 0 Å². The number of nitro benzene ring substituents is 1. The number of methoxy groups -OCH3 is 1. The van der Waals surface area contributed by atoms with Crippen LogP contribution in [0.3, 0.4) is 0 Å². The van der Waals surface area contributed by atoms with Gasteiger partial charge in [0.1, 0.15) is 26.5 Å². The number of aryl methyl sites for hydroxylation is 1. The average Bonchev–Trinajstić information content (AvgIpc) is 2.91. The van der Waals surface area contributed by atoms with Crippen LogP contribution in [-0.2, 0) is 20.2 Å². The average molecular weight is 661 g/mol. The Balaban J connectivity index is 0.00000337. The van der Waals surface area contributed by atoms with E-state index in [0.717, 1.165) is 18.2 Å². The van der Waals surface area contributed by atoms with Crippen molar-refractivity contribution in [1.82, 2.24) is 0 Å². The number of hydrogen-bond acceptors (Lipinski definition) is 14. The summed E-state index contributed by atoms with van der Waals surface area (Å²) in [6, 6.07) is 10.6. The topological polar surface area (TPSA) is 262 Å². The molecule has 0 aliphatic rings. The van der Waals surface area contributed by atoms with Gasteiger partial charge in [-0.25, -0.2) is 8.42 Å². The largest absolute Gasteiger partial charge is 1.00 e. The molecule has 16 nitrogen and oxygen atoms in total. The normalized spacial score (nSPS) is 11.8. The second kappa shape index (κ2) is 14.4. The first-order valence-electron chi connectivity index (χ1n) is 11.4. The van der Waals surface area contributed by atoms with Gasteiger partial charge in [0, 0.05) is 18.2 Å². The third-order valence-electron chi connectivity index (χ3n) is 5.80. The Bertz CT molecular complexity index is 2040. The van der Waals surface area contributed by atoms with Crippen LogP contribution in [0, 0.1) is 17.0 Å². The molecule has 218 valence electrons. The fourth-order valence-electron chi connectivity index (χ4n) is 3.75. The van der Waals surface area contributed by atoms with Gasteiger partial charge in [0.15, 0.2) is 0 Å². The molecule has 0 atom stereocenters. The summed E-state index contributed by atoms with van der Waals surface area (Å²) in [5.41, 5.74) is 5.32.